The molecule has 0 radical (unpaired) electrons. The van der Waals surface area contributed by atoms with Crippen LogP contribution in [0.4, 0.5) is 0 Å². The molecule has 27 heavy (non-hydrogen) atoms. The predicted molar refractivity (Wildman–Crippen MR) is 106 cm³/mol. The van der Waals surface area contributed by atoms with Gasteiger partial charge in [0.25, 0.3) is 5.91 Å². The van der Waals surface area contributed by atoms with Crippen LogP contribution in [0.3, 0.4) is 0 Å². The summed E-state index contributed by atoms with van der Waals surface area (Å²) in [5, 5.41) is 10.8. The monoisotopic (exact) mass is 380 g/mol. The Hall–Kier alpha value is -3.00. The summed E-state index contributed by atoms with van der Waals surface area (Å²) in [6.07, 6.45) is 4.14. The van der Waals surface area contributed by atoms with Crippen LogP contribution in [0.5, 0.6) is 0 Å². The molecule has 0 saturated heterocycles. The summed E-state index contributed by atoms with van der Waals surface area (Å²) in [5.74, 6) is -0.171. The highest BCUT2D eigenvalue weighted by Crippen LogP contribution is 2.30. The van der Waals surface area contributed by atoms with Crippen LogP contribution in [-0.2, 0) is 13.1 Å². The highest BCUT2D eigenvalue weighted by molar-refractivity contribution is 7.13. The summed E-state index contributed by atoms with van der Waals surface area (Å²) in [6, 6.07) is 10.5. The molecule has 0 unspecified atom stereocenters. The second kappa shape index (κ2) is 7.71. The first-order valence-corrected chi connectivity index (χ1v) is 9.79. The van der Waals surface area contributed by atoms with Gasteiger partial charge in [0.05, 0.1) is 12.2 Å². The molecular weight excluding hydrogens is 360 g/mol. The molecule has 0 aliphatic heterocycles. The van der Waals surface area contributed by atoms with Crippen molar-refractivity contribution in [2.24, 2.45) is 0 Å². The molecule has 0 bridgehead atoms. The maximum atomic E-state index is 12.4. The highest BCUT2D eigenvalue weighted by atomic mass is 32.1. The normalized spacial score (nSPS) is 11.1. The Bertz CT molecular complexity index is 1050. The first-order valence-electron chi connectivity index (χ1n) is 8.91. The summed E-state index contributed by atoms with van der Waals surface area (Å²) in [6.45, 7) is 4.13. The average molecular weight is 380 g/mol. The van der Waals surface area contributed by atoms with Gasteiger partial charge in [0.2, 0.25) is 0 Å². The lowest BCUT2D eigenvalue weighted by molar-refractivity contribution is 0.0947. The van der Waals surface area contributed by atoms with E-state index in [0.29, 0.717) is 18.8 Å². The Kier molecular flexibility index (Phi) is 4.97. The van der Waals surface area contributed by atoms with Crippen molar-refractivity contribution in [3.05, 3.63) is 54.1 Å². The number of hydrogen-bond donors (Lipinski definition) is 1. The minimum atomic E-state index is -0.171. The molecule has 0 aliphatic rings. The fourth-order valence-electron chi connectivity index (χ4n) is 3.07. The molecule has 0 saturated carbocycles. The van der Waals surface area contributed by atoms with Gasteiger partial charge in [-0.2, -0.15) is 5.10 Å². The van der Waals surface area contributed by atoms with Crippen molar-refractivity contribution in [2.45, 2.75) is 26.4 Å². The minimum Gasteiger partial charge on any atom is -0.349 e. The second-order valence-corrected chi connectivity index (χ2v) is 7.05. The molecule has 1 aromatic carbocycles. The summed E-state index contributed by atoms with van der Waals surface area (Å²) in [7, 11) is 0. The number of nitrogens with zero attached hydrogens (tertiary/aromatic N) is 5. The number of fused-ring (bicyclic) bond motifs is 1. The number of rotatable bonds is 7. The third kappa shape index (κ3) is 3.61. The number of amides is 1. The number of aromatic nitrogens is 5. The lowest BCUT2D eigenvalue weighted by Gasteiger charge is -2.07. The minimum absolute atomic E-state index is 0.171. The molecule has 1 N–H and O–H groups in total. The van der Waals surface area contributed by atoms with Crippen molar-refractivity contribution in [2.75, 3.05) is 6.54 Å². The Balaban J connectivity index is 1.52. The summed E-state index contributed by atoms with van der Waals surface area (Å²) < 4.78 is 3.95. The van der Waals surface area contributed by atoms with E-state index in [4.69, 9.17) is 0 Å². The molecule has 138 valence electrons. The van der Waals surface area contributed by atoms with E-state index in [9.17, 15) is 4.79 Å². The van der Waals surface area contributed by atoms with Gasteiger partial charge >= 0.3 is 0 Å². The topological polar surface area (TPSA) is 77.6 Å². The molecule has 4 aromatic rings. The molecule has 0 aliphatic carbocycles. The fourth-order valence-corrected chi connectivity index (χ4v) is 3.89. The third-order valence-electron chi connectivity index (χ3n) is 4.31. The molecular formula is C19H20N6OS. The van der Waals surface area contributed by atoms with Crippen molar-refractivity contribution < 1.29 is 4.79 Å². The Morgan fingerprint density at radius 1 is 1.26 bits per heavy atom. The molecule has 0 fully saturated rings. The van der Waals surface area contributed by atoms with Crippen molar-refractivity contribution in [1.82, 2.24) is 29.6 Å². The van der Waals surface area contributed by atoms with E-state index < -0.39 is 0 Å². The quantitative estimate of drug-likeness (QED) is 0.534. The number of carbonyl (C=O) groups is 1. The lowest BCUT2D eigenvalue weighted by Crippen LogP contribution is -2.27. The SMILES string of the molecule is CCCn1c(-c2nc(C(=O)NCCn3cncn3)cs2)cc2ccccc21. The zero-order valence-corrected chi connectivity index (χ0v) is 15.8. The van der Waals surface area contributed by atoms with Gasteiger partial charge in [-0.1, -0.05) is 25.1 Å². The van der Waals surface area contributed by atoms with Crippen LogP contribution < -0.4 is 5.32 Å². The number of benzene rings is 1. The molecule has 7 nitrogen and oxygen atoms in total. The highest BCUT2D eigenvalue weighted by Gasteiger charge is 2.16. The Labute approximate surface area is 160 Å². The van der Waals surface area contributed by atoms with Crippen molar-refractivity contribution in [3.63, 3.8) is 0 Å². The van der Waals surface area contributed by atoms with Crippen LogP contribution in [0, 0.1) is 0 Å². The standard InChI is InChI=1S/C19H20N6OS/c1-2-8-25-16-6-4-3-5-14(16)10-17(25)19-23-15(11-27-19)18(26)21-7-9-24-13-20-12-22-24/h3-6,10-13H,2,7-9H2,1H3,(H,21,26). The summed E-state index contributed by atoms with van der Waals surface area (Å²) in [5.41, 5.74) is 2.70. The first-order chi connectivity index (χ1) is 13.3. The lowest BCUT2D eigenvalue weighted by atomic mass is 10.2. The van der Waals surface area contributed by atoms with E-state index in [1.165, 1.54) is 28.6 Å². The predicted octanol–water partition coefficient (Wildman–Crippen LogP) is 3.20. The molecule has 3 heterocycles. The summed E-state index contributed by atoms with van der Waals surface area (Å²) >= 11 is 1.50. The average Bonchev–Trinajstić information content (AvgIpc) is 3.42. The van der Waals surface area contributed by atoms with Gasteiger partial charge < -0.3 is 9.88 Å². The van der Waals surface area contributed by atoms with Gasteiger partial charge in [-0.05, 0) is 18.6 Å². The largest absolute Gasteiger partial charge is 0.349 e. The third-order valence-corrected chi connectivity index (χ3v) is 5.17. The first kappa shape index (κ1) is 17.4. The summed E-state index contributed by atoms with van der Waals surface area (Å²) in [4.78, 5) is 20.8. The van der Waals surface area contributed by atoms with Crippen LogP contribution in [0.1, 0.15) is 23.8 Å². The van der Waals surface area contributed by atoms with E-state index in [-0.39, 0.29) is 5.91 Å². The maximum absolute atomic E-state index is 12.4. The fraction of sp³-hybridized carbons (Fsp3) is 0.263. The van der Waals surface area contributed by atoms with Crippen LogP contribution in [0.2, 0.25) is 0 Å². The van der Waals surface area contributed by atoms with E-state index in [1.54, 1.807) is 11.0 Å². The van der Waals surface area contributed by atoms with Crippen LogP contribution in [0.25, 0.3) is 21.6 Å². The second-order valence-electron chi connectivity index (χ2n) is 6.19. The van der Waals surface area contributed by atoms with Gasteiger partial charge in [-0.15, -0.1) is 11.3 Å². The zero-order valence-electron chi connectivity index (χ0n) is 15.0. The van der Waals surface area contributed by atoms with Crippen LogP contribution >= 0.6 is 11.3 Å². The van der Waals surface area contributed by atoms with Crippen molar-refractivity contribution in [3.8, 4) is 10.7 Å². The Morgan fingerprint density at radius 3 is 2.96 bits per heavy atom. The Morgan fingerprint density at radius 2 is 2.15 bits per heavy atom. The van der Waals surface area contributed by atoms with Crippen LogP contribution in [-0.4, -0.2) is 36.8 Å². The van der Waals surface area contributed by atoms with E-state index in [1.807, 2.05) is 17.5 Å². The van der Waals surface area contributed by atoms with Crippen molar-refractivity contribution in [1.29, 1.82) is 0 Å². The van der Waals surface area contributed by atoms with E-state index in [2.05, 4.69) is 50.1 Å². The number of hydrogen-bond acceptors (Lipinski definition) is 5. The van der Waals surface area contributed by atoms with Gasteiger partial charge in [0.15, 0.2) is 0 Å². The van der Waals surface area contributed by atoms with E-state index in [0.717, 1.165) is 23.7 Å². The smallest absolute Gasteiger partial charge is 0.270 e. The van der Waals surface area contributed by atoms with Crippen molar-refractivity contribution >= 4 is 28.1 Å². The van der Waals surface area contributed by atoms with Gasteiger partial charge in [0, 0.05) is 29.4 Å². The van der Waals surface area contributed by atoms with Gasteiger partial charge in [0.1, 0.15) is 23.4 Å². The van der Waals surface area contributed by atoms with Gasteiger partial charge in [-0.25, -0.2) is 9.97 Å². The number of thiazole rings is 1. The van der Waals surface area contributed by atoms with Gasteiger partial charge in [-0.3, -0.25) is 9.48 Å². The number of aryl methyl sites for hydroxylation is 1. The van der Waals surface area contributed by atoms with Crippen LogP contribution in [0.15, 0.2) is 48.4 Å². The molecule has 8 heteroatoms. The molecule has 3 aromatic heterocycles. The number of para-hydroxylation sites is 1. The zero-order chi connectivity index (χ0) is 18.6. The molecule has 0 atom stereocenters. The molecule has 0 spiro atoms. The number of carbonyl (C=O) groups excluding carboxylic acids is 1. The number of nitrogens with one attached hydrogen (secondary N) is 1. The molecule has 4 rings (SSSR count). The molecule has 1 amide bonds. The van der Waals surface area contributed by atoms with E-state index >= 15 is 0 Å². The maximum Gasteiger partial charge on any atom is 0.270 e.